The van der Waals surface area contributed by atoms with Crippen LogP contribution in [0.15, 0.2) is 45.4 Å². The molecule has 45 heavy (non-hydrogen) atoms. The van der Waals surface area contributed by atoms with E-state index >= 15 is 0 Å². The van der Waals surface area contributed by atoms with Gasteiger partial charge in [0.15, 0.2) is 0 Å². The largest absolute Gasteiger partial charge is 0.459 e. The van der Waals surface area contributed by atoms with Crippen molar-refractivity contribution in [1.82, 2.24) is 0 Å². The molecule has 4 aliphatic heterocycles. The minimum atomic E-state index is -0.478. The van der Waals surface area contributed by atoms with E-state index in [1.165, 1.54) is 11.1 Å². The van der Waals surface area contributed by atoms with Crippen LogP contribution in [0.1, 0.15) is 105 Å². The van der Waals surface area contributed by atoms with Crippen molar-refractivity contribution in [2.75, 3.05) is 13.1 Å². The molecule has 6 rings (SSSR count). The van der Waals surface area contributed by atoms with Crippen LogP contribution >= 0.6 is 0 Å². The number of epoxide rings is 2. The van der Waals surface area contributed by atoms with E-state index in [0.717, 1.165) is 90.1 Å². The lowest BCUT2D eigenvalue weighted by Crippen LogP contribution is -2.33. The quantitative estimate of drug-likeness (QED) is 0.0938. The lowest BCUT2D eigenvalue weighted by Gasteiger charge is -2.26. The van der Waals surface area contributed by atoms with Crippen LogP contribution in [0.3, 0.4) is 0 Å². The summed E-state index contributed by atoms with van der Waals surface area (Å²) in [6, 6.07) is 0. The molecule has 4 saturated heterocycles. The van der Waals surface area contributed by atoms with Crippen molar-refractivity contribution >= 4 is 24.4 Å². The number of carbonyl (C=O) groups is 2. The van der Waals surface area contributed by atoms with Crippen molar-refractivity contribution in [2.24, 2.45) is 27.2 Å². The molecule has 0 amide bonds. The van der Waals surface area contributed by atoms with Crippen LogP contribution in [0.2, 0.25) is 0 Å². The van der Waals surface area contributed by atoms with Crippen molar-refractivity contribution < 1.29 is 28.5 Å². The highest BCUT2D eigenvalue weighted by molar-refractivity contribution is 5.91. The van der Waals surface area contributed by atoms with E-state index in [4.69, 9.17) is 28.9 Å². The minimum absolute atomic E-state index is 0.00619. The fourth-order valence-electron chi connectivity index (χ4n) is 8.00. The highest BCUT2D eigenvalue weighted by atomic mass is 16.7. The molecule has 0 saturated carbocycles. The van der Waals surface area contributed by atoms with Crippen LogP contribution < -0.4 is 0 Å². The summed E-state index contributed by atoms with van der Waals surface area (Å²) in [5, 5.41) is 0. The van der Waals surface area contributed by atoms with Crippen LogP contribution in [0.4, 0.5) is 0 Å². The zero-order chi connectivity index (χ0) is 31.8. The molecule has 8 heteroatoms. The zero-order valence-corrected chi connectivity index (χ0v) is 27.7. The average molecular weight is 621 g/mol. The second-order valence-corrected chi connectivity index (χ2v) is 15.1. The van der Waals surface area contributed by atoms with E-state index in [1.54, 1.807) is 0 Å². The first kappa shape index (κ1) is 32.4. The zero-order valence-electron chi connectivity index (χ0n) is 27.7. The Labute approximate surface area is 268 Å². The Kier molecular flexibility index (Phi) is 9.28. The lowest BCUT2D eigenvalue weighted by atomic mass is 9.73. The third kappa shape index (κ3) is 6.92. The van der Waals surface area contributed by atoms with Gasteiger partial charge in [-0.2, -0.15) is 0 Å². The summed E-state index contributed by atoms with van der Waals surface area (Å²) >= 11 is 0. The molecule has 4 fully saturated rings. The summed E-state index contributed by atoms with van der Waals surface area (Å²) in [6.07, 6.45) is 20.1. The van der Waals surface area contributed by atoms with E-state index < -0.39 is 5.41 Å². The van der Waals surface area contributed by atoms with E-state index in [-0.39, 0.29) is 59.4 Å². The Bertz CT molecular complexity index is 1300. The van der Waals surface area contributed by atoms with Crippen molar-refractivity contribution in [1.29, 1.82) is 0 Å². The number of allylic oxidation sites excluding steroid dienone is 4. The number of unbranched alkanes of at least 4 members (excludes halogenated alkanes) is 3. The molecule has 4 heterocycles. The third-order valence-electron chi connectivity index (χ3n) is 11.3. The van der Waals surface area contributed by atoms with Gasteiger partial charge in [-0.25, -0.2) is 4.79 Å². The first-order chi connectivity index (χ1) is 21.5. The Balaban J connectivity index is 0.904. The van der Waals surface area contributed by atoms with Crippen LogP contribution in [0, 0.1) is 17.3 Å². The number of rotatable bonds is 9. The van der Waals surface area contributed by atoms with Crippen LogP contribution in [0.25, 0.3) is 0 Å². The molecule has 2 aliphatic carbocycles. The molecule has 8 atom stereocenters. The van der Waals surface area contributed by atoms with Crippen LogP contribution in [-0.4, -0.2) is 73.1 Å². The number of esters is 2. The second-order valence-electron chi connectivity index (χ2n) is 15.1. The van der Waals surface area contributed by atoms with Crippen molar-refractivity contribution in [3.8, 4) is 0 Å². The highest BCUT2D eigenvalue weighted by Gasteiger charge is 2.65. The van der Waals surface area contributed by atoms with Gasteiger partial charge in [0.2, 0.25) is 0 Å². The Morgan fingerprint density at radius 1 is 0.800 bits per heavy atom. The maximum Gasteiger partial charge on any atom is 0.334 e. The Hall–Kier alpha value is -2.58. The second kappa shape index (κ2) is 12.9. The normalized spacial score (nSPS) is 41.6. The topological polar surface area (TPSA) is 102 Å². The predicted molar refractivity (Wildman–Crippen MR) is 175 cm³/mol. The van der Waals surface area contributed by atoms with Gasteiger partial charge in [-0.05, 0) is 103 Å². The maximum absolute atomic E-state index is 12.6. The average Bonchev–Trinajstić information content (AvgIpc) is 3.82. The summed E-state index contributed by atoms with van der Waals surface area (Å²) in [4.78, 5) is 34.3. The summed E-state index contributed by atoms with van der Waals surface area (Å²) in [6.45, 7) is 14.0. The van der Waals surface area contributed by atoms with E-state index in [0.29, 0.717) is 5.57 Å². The summed E-state index contributed by atoms with van der Waals surface area (Å²) in [5.41, 5.74) is 2.22. The number of fused-ring (bicyclic) bond motifs is 6. The molecule has 0 unspecified atom stereocenters. The van der Waals surface area contributed by atoms with Gasteiger partial charge in [0, 0.05) is 42.9 Å². The van der Waals surface area contributed by atoms with Gasteiger partial charge in [0.05, 0.1) is 16.6 Å². The Morgan fingerprint density at radius 2 is 1.36 bits per heavy atom. The highest BCUT2D eigenvalue weighted by Crippen LogP contribution is 2.53. The van der Waals surface area contributed by atoms with E-state index in [2.05, 4.69) is 38.8 Å². The molecular formula is C37H52N2O6. The monoisotopic (exact) mass is 620 g/mol. The van der Waals surface area contributed by atoms with Gasteiger partial charge in [-0.15, -0.1) is 0 Å². The Morgan fingerprint density at radius 3 is 1.96 bits per heavy atom. The van der Waals surface area contributed by atoms with Crippen molar-refractivity contribution in [3.05, 3.63) is 35.5 Å². The van der Waals surface area contributed by atoms with Crippen molar-refractivity contribution in [3.63, 3.8) is 0 Å². The SMILES string of the molecule is C=C1C(=O)O[C@H]2[C@H]1CC/C(C=NCCCCCCN=C/C1=C/CC[C@@]3(C)O[C@H]3[C@H]3OC(=O)C(C)(C)[C@@H]3CC1)=C\CC[C@@]1(C)O[C@@H]21. The van der Waals surface area contributed by atoms with E-state index in [1.807, 2.05) is 20.1 Å². The predicted octanol–water partition coefficient (Wildman–Crippen LogP) is 6.67. The molecule has 246 valence electrons. The van der Waals surface area contributed by atoms with Gasteiger partial charge in [0.25, 0.3) is 0 Å². The van der Waals surface area contributed by atoms with Crippen LogP contribution in [-0.2, 0) is 28.5 Å². The van der Waals surface area contributed by atoms with Gasteiger partial charge < -0.3 is 18.9 Å². The first-order valence-electron chi connectivity index (χ1n) is 17.4. The molecule has 0 radical (unpaired) electrons. The number of nitrogens with zero attached hydrogens (tertiary/aromatic N) is 2. The molecule has 0 aromatic rings. The molecule has 0 bridgehead atoms. The molecule has 0 aromatic heterocycles. The van der Waals surface area contributed by atoms with Crippen molar-refractivity contribution in [2.45, 2.75) is 140 Å². The standard InChI is InChI=1S/C37H52N2O6/c1-24-27-16-14-25(12-10-18-36(4)31(44-36)29(27)42-33(24)40)22-38-20-8-6-7-9-21-39-23-26-13-11-19-37(5)32(45-37)30-28(17-15-26)35(2,3)34(41)43-30/h12-13,22-23,27-32H,1,6-11,14-21H2,2-5H3/b25-12+,26-13+,38-22?,39-23?/t27-,28+,29-,30-,31-,32-,36+,37+/m0/s1. The number of ether oxygens (including phenoxy) is 4. The number of hydrogen-bond donors (Lipinski definition) is 0. The number of aliphatic imine (C=N–C) groups is 2. The van der Waals surface area contributed by atoms with Gasteiger partial charge >= 0.3 is 11.9 Å². The molecular weight excluding hydrogens is 568 g/mol. The molecule has 8 nitrogen and oxygen atoms in total. The molecule has 0 N–H and O–H groups in total. The van der Waals surface area contributed by atoms with E-state index in [9.17, 15) is 9.59 Å². The summed E-state index contributed by atoms with van der Waals surface area (Å²) in [7, 11) is 0. The smallest absolute Gasteiger partial charge is 0.334 e. The fraction of sp³-hybridized carbons (Fsp3) is 0.730. The van der Waals surface area contributed by atoms with Gasteiger partial charge in [0.1, 0.15) is 24.4 Å². The summed E-state index contributed by atoms with van der Waals surface area (Å²) < 4.78 is 23.6. The number of hydrogen-bond acceptors (Lipinski definition) is 8. The molecule has 0 aromatic carbocycles. The molecule has 0 spiro atoms. The third-order valence-corrected chi connectivity index (χ3v) is 11.3. The fourth-order valence-corrected chi connectivity index (χ4v) is 8.00. The van der Waals surface area contributed by atoms with Gasteiger partial charge in [-0.1, -0.05) is 31.6 Å². The minimum Gasteiger partial charge on any atom is -0.459 e. The van der Waals surface area contributed by atoms with Crippen LogP contribution in [0.5, 0.6) is 0 Å². The molecule has 6 aliphatic rings. The first-order valence-corrected chi connectivity index (χ1v) is 17.4. The summed E-state index contributed by atoms with van der Waals surface area (Å²) in [5.74, 6) is -0.173. The van der Waals surface area contributed by atoms with Gasteiger partial charge in [-0.3, -0.25) is 14.8 Å². The number of carbonyl (C=O) groups excluding carboxylic acids is 2. The maximum atomic E-state index is 12.6. The lowest BCUT2D eigenvalue weighted by molar-refractivity contribution is -0.148.